The van der Waals surface area contributed by atoms with Crippen LogP contribution in [0.4, 0.5) is 0 Å². The summed E-state index contributed by atoms with van der Waals surface area (Å²) in [6, 6.07) is 7.63. The number of benzene rings is 1. The number of carbonyl (C=O) groups is 1. The molecule has 0 saturated heterocycles. The Hall–Kier alpha value is -3.40. The van der Waals surface area contributed by atoms with Crippen LogP contribution in [0.15, 0.2) is 59.0 Å². The third-order valence-electron chi connectivity index (χ3n) is 5.55. The summed E-state index contributed by atoms with van der Waals surface area (Å²) in [6.07, 6.45) is 10.7. The molecule has 1 aromatic heterocycles. The quantitative estimate of drug-likeness (QED) is 0.274. The normalized spacial score (nSPS) is 13.0. The molecule has 0 bridgehead atoms. The van der Waals surface area contributed by atoms with E-state index >= 15 is 0 Å². The second-order valence-electron chi connectivity index (χ2n) is 7.51. The van der Waals surface area contributed by atoms with Crippen molar-refractivity contribution in [2.24, 2.45) is 5.16 Å². The number of aryl methyl sites for hydroxylation is 1. The second-order valence-corrected chi connectivity index (χ2v) is 7.51. The first-order valence-corrected chi connectivity index (χ1v) is 10.9. The van der Waals surface area contributed by atoms with E-state index in [-0.39, 0.29) is 12.4 Å². The van der Waals surface area contributed by atoms with Crippen LogP contribution in [0.2, 0.25) is 0 Å². The lowest BCUT2D eigenvalue weighted by Crippen LogP contribution is -2.09. The SMILES string of the molecule is CC=C=Cc1c(/C(CCO)=N/OC)c2c(n1CC)CC=CC(C(=O)c1ccccc1C)=C2. The highest BCUT2D eigenvalue weighted by Crippen LogP contribution is 2.32. The van der Waals surface area contributed by atoms with Crippen molar-refractivity contribution in [3.05, 3.63) is 87.4 Å². The van der Waals surface area contributed by atoms with Gasteiger partial charge in [0.25, 0.3) is 0 Å². The first-order chi connectivity index (χ1) is 15.6. The lowest BCUT2D eigenvalue weighted by Gasteiger charge is -2.09. The Kier molecular flexibility index (Phi) is 7.82. The van der Waals surface area contributed by atoms with Gasteiger partial charge in [-0.3, -0.25) is 4.79 Å². The number of aromatic nitrogens is 1. The number of Topliss-reactive ketones (excluding diaryl/α,β-unsaturated/α-hetero) is 1. The number of nitrogens with zero attached hydrogens (tertiary/aromatic N) is 2. The van der Waals surface area contributed by atoms with Gasteiger partial charge in [-0.25, -0.2) is 0 Å². The van der Waals surface area contributed by atoms with Gasteiger partial charge in [-0.1, -0.05) is 41.6 Å². The molecule has 1 aromatic carbocycles. The molecule has 0 saturated carbocycles. The number of carbonyl (C=O) groups excluding carboxylic acids is 1. The summed E-state index contributed by atoms with van der Waals surface area (Å²) in [7, 11) is 1.50. The number of hydrogen-bond acceptors (Lipinski definition) is 4. The summed E-state index contributed by atoms with van der Waals surface area (Å²) in [4.78, 5) is 18.5. The minimum atomic E-state index is -0.0575. The Morgan fingerprint density at radius 3 is 2.78 bits per heavy atom. The highest BCUT2D eigenvalue weighted by molar-refractivity contribution is 6.15. The second kappa shape index (κ2) is 10.8. The average molecular weight is 431 g/mol. The fourth-order valence-electron chi connectivity index (χ4n) is 4.12. The molecule has 0 spiro atoms. The molecule has 166 valence electrons. The molecular weight excluding hydrogens is 400 g/mol. The Balaban J connectivity index is 2.30. The van der Waals surface area contributed by atoms with E-state index in [9.17, 15) is 9.90 Å². The van der Waals surface area contributed by atoms with Crippen molar-refractivity contribution >= 4 is 23.6 Å². The molecule has 0 aliphatic heterocycles. The van der Waals surface area contributed by atoms with Crippen LogP contribution in [0.3, 0.4) is 0 Å². The van der Waals surface area contributed by atoms with E-state index in [0.29, 0.717) is 29.7 Å². The topological polar surface area (TPSA) is 63.8 Å². The predicted octanol–water partition coefficient (Wildman–Crippen LogP) is 5.12. The predicted molar refractivity (Wildman–Crippen MR) is 130 cm³/mol. The van der Waals surface area contributed by atoms with E-state index < -0.39 is 0 Å². The molecule has 0 amide bonds. The van der Waals surface area contributed by atoms with Gasteiger partial charge in [0.1, 0.15) is 7.11 Å². The molecule has 32 heavy (non-hydrogen) atoms. The molecule has 1 aliphatic carbocycles. The van der Waals surface area contributed by atoms with Crippen molar-refractivity contribution in [3.8, 4) is 0 Å². The molecular formula is C27H30N2O3. The third kappa shape index (κ3) is 4.59. The van der Waals surface area contributed by atoms with Crippen molar-refractivity contribution < 1.29 is 14.7 Å². The Bertz CT molecular complexity index is 1160. The minimum Gasteiger partial charge on any atom is -0.399 e. The Morgan fingerprint density at radius 2 is 2.12 bits per heavy atom. The van der Waals surface area contributed by atoms with Gasteiger partial charge >= 0.3 is 0 Å². The number of aliphatic hydroxyl groups is 1. The molecule has 1 N–H and O–H groups in total. The van der Waals surface area contributed by atoms with Gasteiger partial charge in [0.2, 0.25) is 0 Å². The van der Waals surface area contributed by atoms with Crippen LogP contribution in [-0.2, 0) is 17.8 Å². The van der Waals surface area contributed by atoms with Crippen LogP contribution in [-0.4, -0.2) is 34.9 Å². The minimum absolute atomic E-state index is 0.0136. The highest BCUT2D eigenvalue weighted by Gasteiger charge is 2.25. The zero-order chi connectivity index (χ0) is 23.1. The zero-order valence-electron chi connectivity index (χ0n) is 19.2. The Labute approximate surface area is 189 Å². The summed E-state index contributed by atoms with van der Waals surface area (Å²) >= 11 is 0. The van der Waals surface area contributed by atoms with Crippen molar-refractivity contribution in [2.45, 2.75) is 40.2 Å². The van der Waals surface area contributed by atoms with Crippen LogP contribution in [0.25, 0.3) is 12.2 Å². The number of rotatable bonds is 8. The monoisotopic (exact) mass is 430 g/mol. The van der Waals surface area contributed by atoms with Gasteiger partial charge in [0, 0.05) is 60.0 Å². The molecule has 1 aliphatic rings. The van der Waals surface area contributed by atoms with E-state index in [2.05, 4.69) is 22.4 Å². The zero-order valence-corrected chi connectivity index (χ0v) is 19.2. The fourth-order valence-corrected chi connectivity index (χ4v) is 4.12. The summed E-state index contributed by atoms with van der Waals surface area (Å²) in [5.74, 6) is -0.0136. The standard InChI is InChI=1S/C27H30N2O3/c1-5-7-14-25-26(23(16-17-30)28-32-4)22-18-20(12-10-15-24(22)29(25)6-2)27(31)21-13-9-8-11-19(21)3/h5,8-14,18,30H,6,15-17H2,1-4H3/b28-23+. The molecule has 2 aromatic rings. The van der Waals surface area contributed by atoms with Crippen LogP contribution < -0.4 is 0 Å². The number of oxime groups is 1. The first kappa shape index (κ1) is 23.3. The molecule has 5 nitrogen and oxygen atoms in total. The molecule has 0 radical (unpaired) electrons. The van der Waals surface area contributed by atoms with Gasteiger partial charge in [-0.05, 0) is 38.5 Å². The average Bonchev–Trinajstić information content (AvgIpc) is 2.92. The summed E-state index contributed by atoms with van der Waals surface area (Å²) in [5.41, 5.74) is 9.91. The molecule has 1 heterocycles. The van der Waals surface area contributed by atoms with E-state index in [1.165, 1.54) is 7.11 Å². The van der Waals surface area contributed by atoms with Crippen LogP contribution >= 0.6 is 0 Å². The fraction of sp³-hybridized carbons (Fsp3) is 0.296. The van der Waals surface area contributed by atoms with Gasteiger partial charge in [0.05, 0.1) is 11.4 Å². The van der Waals surface area contributed by atoms with Crippen molar-refractivity contribution in [2.75, 3.05) is 13.7 Å². The maximum absolute atomic E-state index is 13.4. The lowest BCUT2D eigenvalue weighted by molar-refractivity contribution is 0.103. The third-order valence-corrected chi connectivity index (χ3v) is 5.55. The van der Waals surface area contributed by atoms with Gasteiger partial charge in [-0.2, -0.15) is 0 Å². The molecule has 5 heteroatoms. The van der Waals surface area contributed by atoms with E-state index in [0.717, 1.165) is 34.6 Å². The molecule has 0 unspecified atom stereocenters. The maximum atomic E-state index is 13.4. The Morgan fingerprint density at radius 1 is 1.34 bits per heavy atom. The number of fused-ring (bicyclic) bond motifs is 1. The van der Waals surface area contributed by atoms with Crippen molar-refractivity contribution in [1.82, 2.24) is 4.57 Å². The van der Waals surface area contributed by atoms with Gasteiger partial charge < -0.3 is 14.5 Å². The van der Waals surface area contributed by atoms with Gasteiger partial charge in [0.15, 0.2) is 5.78 Å². The van der Waals surface area contributed by atoms with Crippen LogP contribution in [0, 0.1) is 6.92 Å². The van der Waals surface area contributed by atoms with E-state index in [4.69, 9.17) is 4.84 Å². The maximum Gasteiger partial charge on any atom is 0.193 e. The lowest BCUT2D eigenvalue weighted by atomic mass is 9.95. The first-order valence-electron chi connectivity index (χ1n) is 10.9. The van der Waals surface area contributed by atoms with Crippen LogP contribution in [0.1, 0.15) is 58.7 Å². The molecule has 0 atom stereocenters. The summed E-state index contributed by atoms with van der Waals surface area (Å²) in [5, 5.41) is 13.9. The number of ketones is 1. The summed E-state index contributed by atoms with van der Waals surface area (Å²) in [6.45, 7) is 6.65. The van der Waals surface area contributed by atoms with Crippen molar-refractivity contribution in [1.29, 1.82) is 0 Å². The highest BCUT2D eigenvalue weighted by atomic mass is 16.6. The van der Waals surface area contributed by atoms with Crippen LogP contribution in [0.5, 0.6) is 0 Å². The number of aliphatic hydroxyl groups excluding tert-OH is 1. The van der Waals surface area contributed by atoms with Gasteiger partial charge in [-0.15, -0.1) is 5.73 Å². The largest absolute Gasteiger partial charge is 0.399 e. The smallest absolute Gasteiger partial charge is 0.193 e. The summed E-state index contributed by atoms with van der Waals surface area (Å²) < 4.78 is 2.21. The number of allylic oxidation sites excluding steroid dienone is 4. The van der Waals surface area contributed by atoms with E-state index in [1.54, 1.807) is 0 Å². The molecule has 0 fully saturated rings. The van der Waals surface area contributed by atoms with Crippen molar-refractivity contribution in [3.63, 3.8) is 0 Å². The van der Waals surface area contributed by atoms with E-state index in [1.807, 2.05) is 68.5 Å². The number of hydrogen-bond donors (Lipinski definition) is 1. The molecule has 3 rings (SSSR count).